The molecule has 1 heterocycles. The number of hydrogen-bond donors (Lipinski definition) is 1. The smallest absolute Gasteiger partial charge is 0.111 e. The molecule has 0 aliphatic rings. The van der Waals surface area contributed by atoms with Crippen LogP contribution in [-0.2, 0) is 4.84 Å². The first-order valence-electron chi connectivity index (χ1n) is 3.21. The molecule has 1 unspecified atom stereocenters. The third kappa shape index (κ3) is 1.99. The monoisotopic (exact) mass is 216 g/mol. The van der Waals surface area contributed by atoms with Gasteiger partial charge in [0, 0.05) is 11.8 Å². The lowest BCUT2D eigenvalue weighted by molar-refractivity contribution is 0.0656. The summed E-state index contributed by atoms with van der Waals surface area (Å²) in [7, 11) is 0. The van der Waals surface area contributed by atoms with Crippen LogP contribution >= 0.6 is 15.9 Å². The van der Waals surface area contributed by atoms with Gasteiger partial charge in [-0.1, -0.05) is 6.07 Å². The predicted molar refractivity (Wildman–Crippen MR) is 45.6 cm³/mol. The van der Waals surface area contributed by atoms with E-state index in [0.717, 1.165) is 10.2 Å². The normalized spacial score (nSPS) is 13.0. The fourth-order valence-electron chi connectivity index (χ4n) is 0.775. The van der Waals surface area contributed by atoms with Crippen LogP contribution in [0.2, 0.25) is 0 Å². The van der Waals surface area contributed by atoms with E-state index in [1.54, 1.807) is 6.20 Å². The maximum atomic E-state index is 5.02. The Hall–Kier alpha value is -0.450. The van der Waals surface area contributed by atoms with Crippen LogP contribution in [0, 0.1) is 0 Å². The molecule has 0 bridgehead atoms. The summed E-state index contributed by atoms with van der Waals surface area (Å²) >= 11 is 3.29. The molecule has 0 radical (unpaired) electrons. The summed E-state index contributed by atoms with van der Waals surface area (Å²) in [6.45, 7) is 1.86. The van der Waals surface area contributed by atoms with Gasteiger partial charge < -0.3 is 0 Å². The maximum Gasteiger partial charge on any atom is 0.111 e. The van der Waals surface area contributed by atoms with Gasteiger partial charge in [-0.2, -0.15) is 0 Å². The Labute approximate surface area is 73.7 Å². The highest BCUT2D eigenvalue weighted by Gasteiger charge is 2.07. The second-order valence-corrected chi connectivity index (χ2v) is 2.91. The Bertz CT molecular complexity index is 242. The van der Waals surface area contributed by atoms with E-state index in [-0.39, 0.29) is 6.10 Å². The average Bonchev–Trinajstić information content (AvgIpc) is 2.04. The standard InChI is InChI=1S/C7H9BrN2O/c1-5(11-9)6-3-2-4-10-7(6)8/h2-5H,9H2,1H3. The van der Waals surface area contributed by atoms with Crippen molar-refractivity contribution >= 4 is 15.9 Å². The van der Waals surface area contributed by atoms with Crippen molar-refractivity contribution in [2.45, 2.75) is 13.0 Å². The minimum Gasteiger partial charge on any atom is -0.297 e. The number of rotatable bonds is 2. The molecule has 0 saturated carbocycles. The fraction of sp³-hybridized carbons (Fsp3) is 0.286. The Kier molecular flexibility index (Phi) is 2.99. The molecule has 1 aromatic rings. The lowest BCUT2D eigenvalue weighted by Crippen LogP contribution is -2.06. The molecule has 0 aliphatic heterocycles. The quantitative estimate of drug-likeness (QED) is 0.606. The summed E-state index contributed by atoms with van der Waals surface area (Å²) in [5, 5.41) is 0. The van der Waals surface area contributed by atoms with E-state index >= 15 is 0 Å². The molecule has 1 rings (SSSR count). The Balaban J connectivity index is 2.93. The third-order valence-corrected chi connectivity index (χ3v) is 2.09. The van der Waals surface area contributed by atoms with Crippen LogP contribution < -0.4 is 5.90 Å². The minimum atomic E-state index is -0.127. The van der Waals surface area contributed by atoms with Gasteiger partial charge in [-0.3, -0.25) is 4.84 Å². The summed E-state index contributed by atoms with van der Waals surface area (Å²) in [5.41, 5.74) is 0.954. The van der Waals surface area contributed by atoms with E-state index in [1.165, 1.54) is 0 Å². The van der Waals surface area contributed by atoms with Crippen LogP contribution in [0.15, 0.2) is 22.9 Å². The lowest BCUT2D eigenvalue weighted by Gasteiger charge is -2.08. The first-order valence-corrected chi connectivity index (χ1v) is 4.01. The molecular weight excluding hydrogens is 208 g/mol. The van der Waals surface area contributed by atoms with Crippen molar-refractivity contribution < 1.29 is 4.84 Å². The molecule has 0 saturated heterocycles. The fourth-order valence-corrected chi connectivity index (χ4v) is 1.35. The second kappa shape index (κ2) is 3.80. The maximum absolute atomic E-state index is 5.02. The Morgan fingerprint density at radius 3 is 3.00 bits per heavy atom. The summed E-state index contributed by atoms with van der Waals surface area (Å²) < 4.78 is 0.776. The molecule has 4 heteroatoms. The van der Waals surface area contributed by atoms with Crippen LogP contribution in [0.25, 0.3) is 0 Å². The van der Waals surface area contributed by atoms with Crippen molar-refractivity contribution in [3.63, 3.8) is 0 Å². The van der Waals surface area contributed by atoms with Gasteiger partial charge in [0.25, 0.3) is 0 Å². The van der Waals surface area contributed by atoms with Gasteiger partial charge in [0.15, 0.2) is 0 Å². The van der Waals surface area contributed by atoms with Crippen molar-refractivity contribution in [2.75, 3.05) is 0 Å². The third-order valence-electron chi connectivity index (χ3n) is 1.43. The van der Waals surface area contributed by atoms with Gasteiger partial charge in [-0.25, -0.2) is 10.9 Å². The van der Waals surface area contributed by atoms with E-state index < -0.39 is 0 Å². The summed E-state index contributed by atoms with van der Waals surface area (Å²) in [4.78, 5) is 8.68. The van der Waals surface area contributed by atoms with Crippen molar-refractivity contribution in [1.82, 2.24) is 4.98 Å². The van der Waals surface area contributed by atoms with Crippen LogP contribution in [0.1, 0.15) is 18.6 Å². The molecule has 0 spiro atoms. The molecule has 0 aliphatic carbocycles. The lowest BCUT2D eigenvalue weighted by atomic mass is 10.2. The molecule has 3 nitrogen and oxygen atoms in total. The SMILES string of the molecule is CC(ON)c1cccnc1Br. The zero-order valence-electron chi connectivity index (χ0n) is 6.12. The van der Waals surface area contributed by atoms with Gasteiger partial charge in [0.2, 0.25) is 0 Å². The molecule has 1 aromatic heterocycles. The number of aromatic nitrogens is 1. The van der Waals surface area contributed by atoms with E-state index in [4.69, 9.17) is 5.90 Å². The summed E-state index contributed by atoms with van der Waals surface area (Å²) in [5.74, 6) is 5.02. The predicted octanol–water partition coefficient (Wildman–Crippen LogP) is 1.80. The van der Waals surface area contributed by atoms with E-state index in [1.807, 2.05) is 19.1 Å². The highest BCUT2D eigenvalue weighted by atomic mass is 79.9. The van der Waals surface area contributed by atoms with Gasteiger partial charge in [-0.15, -0.1) is 0 Å². The Morgan fingerprint density at radius 1 is 1.73 bits per heavy atom. The van der Waals surface area contributed by atoms with Crippen molar-refractivity contribution in [3.8, 4) is 0 Å². The van der Waals surface area contributed by atoms with Crippen molar-refractivity contribution in [3.05, 3.63) is 28.5 Å². The van der Waals surface area contributed by atoms with E-state index in [0.29, 0.717) is 0 Å². The summed E-state index contributed by atoms with van der Waals surface area (Å²) in [6, 6.07) is 3.75. The molecule has 2 N–H and O–H groups in total. The number of halogens is 1. The average molecular weight is 217 g/mol. The van der Waals surface area contributed by atoms with E-state index in [9.17, 15) is 0 Å². The zero-order chi connectivity index (χ0) is 8.27. The first-order chi connectivity index (χ1) is 5.25. The number of pyridine rings is 1. The van der Waals surface area contributed by atoms with Crippen LogP contribution in [0.5, 0.6) is 0 Å². The molecule has 0 aromatic carbocycles. The van der Waals surface area contributed by atoms with Crippen LogP contribution in [-0.4, -0.2) is 4.98 Å². The largest absolute Gasteiger partial charge is 0.297 e. The van der Waals surface area contributed by atoms with Crippen LogP contribution in [0.4, 0.5) is 0 Å². The second-order valence-electron chi connectivity index (χ2n) is 2.16. The van der Waals surface area contributed by atoms with Gasteiger partial charge in [-0.05, 0) is 28.9 Å². The van der Waals surface area contributed by atoms with E-state index in [2.05, 4.69) is 25.8 Å². The highest BCUT2D eigenvalue weighted by molar-refractivity contribution is 9.10. The van der Waals surface area contributed by atoms with Crippen molar-refractivity contribution in [2.24, 2.45) is 5.90 Å². The highest BCUT2D eigenvalue weighted by Crippen LogP contribution is 2.21. The van der Waals surface area contributed by atoms with Crippen LogP contribution in [0.3, 0.4) is 0 Å². The summed E-state index contributed by atoms with van der Waals surface area (Å²) in [6.07, 6.45) is 1.58. The molecule has 11 heavy (non-hydrogen) atoms. The minimum absolute atomic E-state index is 0.127. The molecule has 1 atom stereocenters. The molecular formula is C7H9BrN2O. The Morgan fingerprint density at radius 2 is 2.45 bits per heavy atom. The van der Waals surface area contributed by atoms with Crippen molar-refractivity contribution in [1.29, 1.82) is 0 Å². The first kappa shape index (κ1) is 8.64. The number of nitrogens with two attached hydrogens (primary N) is 1. The molecule has 0 fully saturated rings. The topological polar surface area (TPSA) is 48.1 Å². The molecule has 60 valence electrons. The van der Waals surface area contributed by atoms with Gasteiger partial charge in [0.1, 0.15) is 10.7 Å². The van der Waals surface area contributed by atoms with Gasteiger partial charge in [0.05, 0.1) is 0 Å². The zero-order valence-corrected chi connectivity index (χ0v) is 7.71. The number of hydrogen-bond acceptors (Lipinski definition) is 3. The molecule has 0 amide bonds. The van der Waals surface area contributed by atoms with Gasteiger partial charge >= 0.3 is 0 Å². The number of nitrogens with zero attached hydrogens (tertiary/aromatic N) is 1.